The predicted molar refractivity (Wildman–Crippen MR) is 99.1 cm³/mol. The molecule has 7 heteroatoms. The van der Waals surface area contributed by atoms with Gasteiger partial charge < -0.3 is 20.4 Å². The first-order valence-electron chi connectivity index (χ1n) is 9.70. The van der Waals surface area contributed by atoms with Crippen LogP contribution in [0.15, 0.2) is 0 Å². The normalized spacial score (nSPS) is 16.7. The number of urea groups is 1. The Labute approximate surface area is 156 Å². The third-order valence-corrected chi connectivity index (χ3v) is 5.09. The van der Waals surface area contributed by atoms with Gasteiger partial charge in [-0.15, -0.1) is 0 Å². The first kappa shape index (κ1) is 22.3. The van der Waals surface area contributed by atoms with Crippen molar-refractivity contribution in [2.24, 2.45) is 5.41 Å². The van der Waals surface area contributed by atoms with Gasteiger partial charge in [0.15, 0.2) is 0 Å². The number of aliphatic carboxylic acids is 2. The van der Waals surface area contributed by atoms with Gasteiger partial charge in [-0.2, -0.15) is 0 Å². The Balaban J connectivity index is 2.99. The van der Waals surface area contributed by atoms with E-state index < -0.39 is 23.4 Å². The minimum absolute atomic E-state index is 0.0713. The fraction of sp³-hybridized carbons (Fsp3) is 0.842. The van der Waals surface area contributed by atoms with Crippen LogP contribution in [0.2, 0.25) is 0 Å². The Bertz CT molecular complexity index is 486. The van der Waals surface area contributed by atoms with Crippen molar-refractivity contribution in [1.82, 2.24) is 10.2 Å². The zero-order chi connectivity index (χ0) is 19.7. The molecule has 0 heterocycles. The summed E-state index contributed by atoms with van der Waals surface area (Å²) in [6.45, 7) is 5.54. The first-order valence-corrected chi connectivity index (χ1v) is 9.70. The van der Waals surface area contributed by atoms with Gasteiger partial charge in [-0.25, -0.2) is 9.59 Å². The molecule has 0 aliphatic heterocycles. The van der Waals surface area contributed by atoms with Crippen molar-refractivity contribution in [3.8, 4) is 0 Å². The lowest BCUT2D eigenvalue weighted by Gasteiger charge is -2.39. The topological polar surface area (TPSA) is 107 Å². The molecule has 0 aromatic rings. The highest BCUT2D eigenvalue weighted by molar-refractivity contribution is 5.84. The van der Waals surface area contributed by atoms with E-state index in [1.165, 1.54) is 4.90 Å². The molecule has 1 atom stereocenters. The maximum absolute atomic E-state index is 12.9. The Kier molecular flexibility index (Phi) is 8.88. The SMILES string of the molecule is CCCCCN(C(=O)NC1CCCCC1)C(C(=O)O)C(C)(C)CC(=O)O. The van der Waals surface area contributed by atoms with Gasteiger partial charge in [0.1, 0.15) is 6.04 Å². The number of carboxylic acid groups (broad SMARTS) is 2. The third kappa shape index (κ3) is 6.84. The molecular weight excluding hydrogens is 336 g/mol. The molecule has 1 saturated carbocycles. The van der Waals surface area contributed by atoms with Crippen LogP contribution in [0.1, 0.15) is 78.6 Å². The van der Waals surface area contributed by atoms with Crippen LogP contribution in [0.25, 0.3) is 0 Å². The zero-order valence-electron chi connectivity index (χ0n) is 16.3. The molecule has 0 aromatic carbocycles. The standard InChI is InChI=1S/C19H34N2O5/c1-4-5-9-12-21(18(26)20-14-10-7-6-8-11-14)16(17(24)25)19(2,3)13-15(22)23/h14,16H,4-13H2,1-3H3,(H,20,26)(H,22,23)(H,24,25). The number of hydrogen-bond acceptors (Lipinski definition) is 3. The lowest BCUT2D eigenvalue weighted by molar-refractivity contribution is -0.149. The van der Waals surface area contributed by atoms with E-state index in [0.29, 0.717) is 13.0 Å². The molecule has 0 saturated heterocycles. The van der Waals surface area contributed by atoms with E-state index in [4.69, 9.17) is 5.11 Å². The van der Waals surface area contributed by atoms with Gasteiger partial charge in [0.05, 0.1) is 6.42 Å². The predicted octanol–water partition coefficient (Wildman–Crippen LogP) is 3.48. The van der Waals surface area contributed by atoms with Crippen LogP contribution in [0, 0.1) is 5.41 Å². The molecule has 2 amide bonds. The summed E-state index contributed by atoms with van der Waals surface area (Å²) in [5, 5.41) is 21.9. The molecule has 3 N–H and O–H groups in total. The summed E-state index contributed by atoms with van der Waals surface area (Å²) in [7, 11) is 0. The van der Waals surface area contributed by atoms with Crippen LogP contribution in [-0.4, -0.2) is 51.7 Å². The fourth-order valence-electron chi connectivity index (χ4n) is 3.76. The van der Waals surface area contributed by atoms with Crippen molar-refractivity contribution in [2.45, 2.75) is 90.6 Å². The smallest absolute Gasteiger partial charge is 0.327 e. The van der Waals surface area contributed by atoms with Gasteiger partial charge in [0.2, 0.25) is 0 Å². The van der Waals surface area contributed by atoms with E-state index in [9.17, 15) is 19.5 Å². The summed E-state index contributed by atoms with van der Waals surface area (Å²) >= 11 is 0. The quantitative estimate of drug-likeness (QED) is 0.510. The molecule has 1 rings (SSSR count). The van der Waals surface area contributed by atoms with Crippen molar-refractivity contribution in [2.75, 3.05) is 6.54 Å². The number of carbonyl (C=O) groups excluding carboxylic acids is 1. The molecule has 0 spiro atoms. The summed E-state index contributed by atoms with van der Waals surface area (Å²) in [6.07, 6.45) is 7.33. The highest BCUT2D eigenvalue weighted by Crippen LogP contribution is 2.30. The summed E-state index contributed by atoms with van der Waals surface area (Å²) in [4.78, 5) is 37.4. The summed E-state index contributed by atoms with van der Waals surface area (Å²) in [5.74, 6) is -2.23. The largest absolute Gasteiger partial charge is 0.481 e. The zero-order valence-corrected chi connectivity index (χ0v) is 16.3. The molecule has 150 valence electrons. The van der Waals surface area contributed by atoms with Crippen LogP contribution in [0.3, 0.4) is 0 Å². The number of nitrogens with zero attached hydrogens (tertiary/aromatic N) is 1. The van der Waals surface area contributed by atoms with Crippen LogP contribution in [-0.2, 0) is 9.59 Å². The lowest BCUT2D eigenvalue weighted by atomic mass is 9.80. The van der Waals surface area contributed by atoms with E-state index in [1.54, 1.807) is 13.8 Å². The van der Waals surface area contributed by atoms with Gasteiger partial charge in [-0.1, -0.05) is 52.9 Å². The second kappa shape index (κ2) is 10.4. The van der Waals surface area contributed by atoms with Crippen molar-refractivity contribution < 1.29 is 24.6 Å². The average Bonchev–Trinajstić information content (AvgIpc) is 2.53. The monoisotopic (exact) mass is 370 g/mol. The number of hydrogen-bond donors (Lipinski definition) is 3. The van der Waals surface area contributed by atoms with Crippen molar-refractivity contribution >= 4 is 18.0 Å². The van der Waals surface area contributed by atoms with Gasteiger partial charge in [0.25, 0.3) is 0 Å². The number of carboxylic acids is 2. The van der Waals surface area contributed by atoms with E-state index in [1.807, 2.05) is 6.92 Å². The molecule has 7 nitrogen and oxygen atoms in total. The molecule has 1 aliphatic carbocycles. The van der Waals surface area contributed by atoms with Gasteiger partial charge >= 0.3 is 18.0 Å². The first-order chi connectivity index (χ1) is 12.2. The van der Waals surface area contributed by atoms with E-state index in [2.05, 4.69) is 5.32 Å². The van der Waals surface area contributed by atoms with Crippen LogP contribution in [0.5, 0.6) is 0 Å². The minimum Gasteiger partial charge on any atom is -0.481 e. The highest BCUT2D eigenvalue weighted by Gasteiger charge is 2.43. The van der Waals surface area contributed by atoms with Gasteiger partial charge in [-0.3, -0.25) is 4.79 Å². The van der Waals surface area contributed by atoms with E-state index in [-0.39, 0.29) is 18.5 Å². The molecule has 0 radical (unpaired) electrons. The Morgan fingerprint density at radius 3 is 2.23 bits per heavy atom. The fourth-order valence-corrected chi connectivity index (χ4v) is 3.76. The highest BCUT2D eigenvalue weighted by atomic mass is 16.4. The molecule has 0 aromatic heterocycles. The molecule has 1 aliphatic rings. The minimum atomic E-state index is -1.18. The molecule has 26 heavy (non-hydrogen) atoms. The van der Waals surface area contributed by atoms with Gasteiger partial charge in [0, 0.05) is 18.0 Å². The van der Waals surface area contributed by atoms with E-state index >= 15 is 0 Å². The molecule has 1 unspecified atom stereocenters. The second-order valence-electron chi connectivity index (χ2n) is 7.98. The third-order valence-electron chi connectivity index (χ3n) is 5.09. The number of rotatable bonds is 10. The summed E-state index contributed by atoms with van der Waals surface area (Å²) < 4.78 is 0. The number of carbonyl (C=O) groups is 3. The second-order valence-corrected chi connectivity index (χ2v) is 7.98. The Hall–Kier alpha value is -1.79. The maximum atomic E-state index is 12.9. The lowest BCUT2D eigenvalue weighted by Crippen LogP contribution is -2.57. The average molecular weight is 370 g/mol. The van der Waals surface area contributed by atoms with Crippen molar-refractivity contribution in [3.63, 3.8) is 0 Å². The van der Waals surface area contributed by atoms with Crippen molar-refractivity contribution in [3.05, 3.63) is 0 Å². The van der Waals surface area contributed by atoms with E-state index in [0.717, 1.165) is 44.9 Å². The van der Waals surface area contributed by atoms with Crippen LogP contribution < -0.4 is 5.32 Å². The Morgan fingerprint density at radius 2 is 1.73 bits per heavy atom. The van der Waals surface area contributed by atoms with Crippen molar-refractivity contribution in [1.29, 1.82) is 0 Å². The van der Waals surface area contributed by atoms with Gasteiger partial charge in [-0.05, 0) is 19.3 Å². The van der Waals surface area contributed by atoms with Crippen LogP contribution in [0.4, 0.5) is 4.79 Å². The number of amides is 2. The summed E-state index contributed by atoms with van der Waals surface area (Å²) in [6, 6.07) is -1.50. The number of unbranched alkanes of at least 4 members (excludes halogenated alkanes) is 2. The molecule has 0 bridgehead atoms. The maximum Gasteiger partial charge on any atom is 0.327 e. The molecular formula is C19H34N2O5. The Morgan fingerprint density at radius 1 is 1.12 bits per heavy atom. The van der Waals surface area contributed by atoms with Crippen LogP contribution >= 0.6 is 0 Å². The number of nitrogens with one attached hydrogen (secondary N) is 1. The summed E-state index contributed by atoms with van der Waals surface area (Å²) in [5.41, 5.74) is -1.08. The molecule has 1 fully saturated rings.